The van der Waals surface area contributed by atoms with Gasteiger partial charge in [-0.3, -0.25) is 4.68 Å². The maximum atomic E-state index is 5.77. The lowest BCUT2D eigenvalue weighted by molar-refractivity contribution is 0.0992. The number of ether oxygens (including phenoxy) is 1. The summed E-state index contributed by atoms with van der Waals surface area (Å²) in [7, 11) is 0. The lowest BCUT2D eigenvalue weighted by Gasteiger charge is -2.23. The summed E-state index contributed by atoms with van der Waals surface area (Å²) in [6.07, 6.45) is 8.16. The van der Waals surface area contributed by atoms with E-state index in [0.29, 0.717) is 18.2 Å². The molecule has 1 aromatic rings. The third kappa shape index (κ3) is 4.54. The van der Waals surface area contributed by atoms with Crippen LogP contribution in [0, 0.1) is 0 Å². The third-order valence-corrected chi connectivity index (χ3v) is 4.66. The van der Waals surface area contributed by atoms with E-state index in [9.17, 15) is 0 Å². The predicted octanol–water partition coefficient (Wildman–Crippen LogP) is 4.23. The van der Waals surface area contributed by atoms with Gasteiger partial charge < -0.3 is 10.1 Å². The lowest BCUT2D eigenvalue weighted by atomic mass is 10.0. The lowest BCUT2D eigenvalue weighted by Crippen LogP contribution is -2.27. The Balaban J connectivity index is 2.08. The highest BCUT2D eigenvalue weighted by atomic mass is 79.9. The fraction of sp³-hybridized carbons (Fsp3) is 0.812. The van der Waals surface area contributed by atoms with E-state index in [-0.39, 0.29) is 0 Å². The molecule has 0 aromatic carbocycles. The van der Waals surface area contributed by atoms with Gasteiger partial charge >= 0.3 is 0 Å². The molecule has 1 aliphatic heterocycles. The molecule has 1 fully saturated rings. The number of hydrogen-bond acceptors (Lipinski definition) is 3. The van der Waals surface area contributed by atoms with E-state index in [2.05, 4.69) is 51.8 Å². The molecule has 0 saturated carbocycles. The molecule has 1 N–H and O–H groups in total. The molecule has 120 valence electrons. The quantitative estimate of drug-likeness (QED) is 0.756. The van der Waals surface area contributed by atoms with E-state index in [1.807, 2.05) is 6.20 Å². The highest BCUT2D eigenvalue weighted by Crippen LogP contribution is 2.30. The minimum atomic E-state index is 0.341. The number of nitrogens with zero attached hydrogens (tertiary/aromatic N) is 2. The highest BCUT2D eigenvalue weighted by molar-refractivity contribution is 9.10. The molecule has 2 atom stereocenters. The molecule has 2 heterocycles. The summed E-state index contributed by atoms with van der Waals surface area (Å²) in [6.45, 7) is 8.54. The van der Waals surface area contributed by atoms with E-state index in [1.54, 1.807) is 0 Å². The molecular formula is C16H28BrN3O. The molecule has 1 saturated heterocycles. The van der Waals surface area contributed by atoms with Gasteiger partial charge in [-0.1, -0.05) is 6.92 Å². The minimum Gasteiger partial charge on any atom is -0.378 e. The molecule has 21 heavy (non-hydrogen) atoms. The van der Waals surface area contributed by atoms with Gasteiger partial charge in [-0.2, -0.15) is 5.10 Å². The molecule has 0 aliphatic carbocycles. The summed E-state index contributed by atoms with van der Waals surface area (Å²) in [6, 6.07) is 0.716. The molecule has 5 heteroatoms. The zero-order valence-corrected chi connectivity index (χ0v) is 15.0. The van der Waals surface area contributed by atoms with Gasteiger partial charge in [0.15, 0.2) is 0 Å². The van der Waals surface area contributed by atoms with Crippen molar-refractivity contribution in [3.8, 4) is 0 Å². The largest absolute Gasteiger partial charge is 0.378 e. The maximum Gasteiger partial charge on any atom is 0.0698 e. The Morgan fingerprint density at radius 3 is 2.95 bits per heavy atom. The molecule has 0 spiro atoms. The van der Waals surface area contributed by atoms with E-state index in [4.69, 9.17) is 4.74 Å². The van der Waals surface area contributed by atoms with Crippen LogP contribution in [0.5, 0.6) is 0 Å². The van der Waals surface area contributed by atoms with Gasteiger partial charge in [0.2, 0.25) is 0 Å². The molecule has 4 nitrogen and oxygen atoms in total. The number of rotatable bonds is 8. The average molecular weight is 358 g/mol. The molecule has 0 amide bonds. The van der Waals surface area contributed by atoms with Crippen molar-refractivity contribution in [3.63, 3.8) is 0 Å². The second kappa shape index (κ2) is 8.30. The third-order valence-electron chi connectivity index (χ3n) is 4.05. The first-order valence-electron chi connectivity index (χ1n) is 8.21. The van der Waals surface area contributed by atoms with Crippen LogP contribution < -0.4 is 5.32 Å². The topological polar surface area (TPSA) is 39.1 Å². The van der Waals surface area contributed by atoms with Crippen molar-refractivity contribution in [2.45, 2.75) is 71.1 Å². The van der Waals surface area contributed by atoms with Gasteiger partial charge in [0.25, 0.3) is 0 Å². The summed E-state index contributed by atoms with van der Waals surface area (Å²) in [5.74, 6) is 0. The molecule has 1 aliphatic rings. The van der Waals surface area contributed by atoms with Gasteiger partial charge in [-0.25, -0.2) is 0 Å². The van der Waals surface area contributed by atoms with Crippen molar-refractivity contribution in [2.24, 2.45) is 0 Å². The molecule has 0 radical (unpaired) electrons. The Morgan fingerprint density at radius 2 is 2.33 bits per heavy atom. The first-order chi connectivity index (χ1) is 10.1. The van der Waals surface area contributed by atoms with Crippen LogP contribution in [-0.4, -0.2) is 29.0 Å². The molecule has 1 aromatic heterocycles. The van der Waals surface area contributed by atoms with Crippen molar-refractivity contribution < 1.29 is 4.74 Å². The summed E-state index contributed by atoms with van der Waals surface area (Å²) in [5, 5.41) is 8.21. The second-order valence-electron chi connectivity index (χ2n) is 6.14. The smallest absolute Gasteiger partial charge is 0.0698 e. The Kier molecular flexibility index (Phi) is 6.71. The van der Waals surface area contributed by atoms with Gasteiger partial charge in [0.05, 0.1) is 28.5 Å². The molecule has 0 bridgehead atoms. The SMILES string of the molecule is CCCNC(CCC1CCCO1)c1c(Br)cnn1C(C)C. The van der Waals surface area contributed by atoms with Crippen LogP contribution in [-0.2, 0) is 4.74 Å². The van der Waals surface area contributed by atoms with E-state index < -0.39 is 0 Å². The standard InChI is InChI=1S/C16H28BrN3O/c1-4-9-18-15(8-7-13-6-5-10-21-13)16-14(17)11-19-20(16)12(2)3/h11-13,15,18H,4-10H2,1-3H3. The monoisotopic (exact) mass is 357 g/mol. The van der Waals surface area contributed by atoms with Gasteiger partial charge in [-0.05, 0) is 68.4 Å². The van der Waals surface area contributed by atoms with Crippen LogP contribution in [0.15, 0.2) is 10.7 Å². The van der Waals surface area contributed by atoms with Crippen LogP contribution in [0.25, 0.3) is 0 Å². The number of halogens is 1. The first kappa shape index (κ1) is 17.0. The van der Waals surface area contributed by atoms with Crippen molar-refractivity contribution in [1.82, 2.24) is 15.1 Å². The van der Waals surface area contributed by atoms with Gasteiger partial charge in [-0.15, -0.1) is 0 Å². The van der Waals surface area contributed by atoms with Gasteiger partial charge in [0, 0.05) is 12.6 Å². The Hall–Kier alpha value is -0.390. The van der Waals surface area contributed by atoms with Crippen molar-refractivity contribution in [3.05, 3.63) is 16.4 Å². The average Bonchev–Trinajstić information content (AvgIpc) is 3.09. The van der Waals surface area contributed by atoms with E-state index >= 15 is 0 Å². The highest BCUT2D eigenvalue weighted by Gasteiger charge is 2.23. The summed E-state index contributed by atoms with van der Waals surface area (Å²) in [5.41, 5.74) is 1.27. The van der Waals surface area contributed by atoms with E-state index in [0.717, 1.165) is 36.9 Å². The molecular weight excluding hydrogens is 330 g/mol. The van der Waals surface area contributed by atoms with Crippen molar-refractivity contribution in [1.29, 1.82) is 0 Å². The molecule has 2 unspecified atom stereocenters. The zero-order chi connectivity index (χ0) is 15.2. The predicted molar refractivity (Wildman–Crippen MR) is 89.6 cm³/mol. The summed E-state index contributed by atoms with van der Waals surface area (Å²) < 4.78 is 9.01. The maximum absolute atomic E-state index is 5.77. The van der Waals surface area contributed by atoms with Crippen LogP contribution in [0.2, 0.25) is 0 Å². The minimum absolute atomic E-state index is 0.341. The van der Waals surface area contributed by atoms with Gasteiger partial charge in [0.1, 0.15) is 0 Å². The summed E-state index contributed by atoms with van der Waals surface area (Å²) >= 11 is 3.68. The van der Waals surface area contributed by atoms with Crippen LogP contribution in [0.4, 0.5) is 0 Å². The van der Waals surface area contributed by atoms with E-state index in [1.165, 1.54) is 18.5 Å². The number of hydrogen-bond donors (Lipinski definition) is 1. The Labute approximate surface area is 136 Å². The number of aromatic nitrogens is 2. The van der Waals surface area contributed by atoms with Crippen LogP contribution >= 0.6 is 15.9 Å². The first-order valence-corrected chi connectivity index (χ1v) is 9.00. The second-order valence-corrected chi connectivity index (χ2v) is 6.99. The number of nitrogens with one attached hydrogen (secondary N) is 1. The Bertz CT molecular complexity index is 427. The fourth-order valence-corrected chi connectivity index (χ4v) is 3.52. The fourth-order valence-electron chi connectivity index (χ4n) is 2.97. The Morgan fingerprint density at radius 1 is 1.52 bits per heavy atom. The van der Waals surface area contributed by atoms with Crippen molar-refractivity contribution in [2.75, 3.05) is 13.2 Å². The zero-order valence-electron chi connectivity index (χ0n) is 13.4. The molecule has 2 rings (SSSR count). The van der Waals surface area contributed by atoms with Crippen molar-refractivity contribution >= 4 is 15.9 Å². The summed E-state index contributed by atoms with van der Waals surface area (Å²) in [4.78, 5) is 0. The van der Waals surface area contributed by atoms with Crippen LogP contribution in [0.3, 0.4) is 0 Å². The van der Waals surface area contributed by atoms with Crippen LogP contribution in [0.1, 0.15) is 70.7 Å². The normalized spacial score (nSPS) is 20.3.